The van der Waals surface area contributed by atoms with Gasteiger partial charge in [-0.1, -0.05) is 43.6 Å². The summed E-state index contributed by atoms with van der Waals surface area (Å²) in [5.41, 5.74) is 1.26. The fourth-order valence-corrected chi connectivity index (χ4v) is 2.18. The number of rotatable bonds is 6. The summed E-state index contributed by atoms with van der Waals surface area (Å²) < 4.78 is 1.00. The normalized spacial score (nSPS) is 13.6. The number of benzene rings is 1. The zero-order chi connectivity index (χ0) is 13.8. The number of nitrogens with one attached hydrogen (secondary N) is 1. The number of phenolic OH excluding ortho intramolecular Hbond substituents is 1. The molecule has 0 saturated carbocycles. The van der Waals surface area contributed by atoms with Gasteiger partial charge in [0.15, 0.2) is 0 Å². The second kappa shape index (κ2) is 6.58. The molecule has 0 heterocycles. The molecule has 18 heavy (non-hydrogen) atoms. The second-order valence-corrected chi connectivity index (χ2v) is 6.48. The topological polar surface area (TPSA) is 32.3 Å². The Morgan fingerprint density at radius 2 is 2.00 bits per heavy atom. The molecule has 0 radical (unpaired) electrons. The Balaban J connectivity index is 2.80. The van der Waals surface area contributed by atoms with E-state index >= 15 is 0 Å². The molecule has 1 aromatic carbocycles. The molecule has 1 atom stereocenters. The van der Waals surface area contributed by atoms with Gasteiger partial charge in [-0.3, -0.25) is 0 Å². The minimum atomic E-state index is 0.202. The van der Waals surface area contributed by atoms with Crippen LogP contribution in [-0.2, 0) is 0 Å². The van der Waals surface area contributed by atoms with Crippen LogP contribution in [0, 0.1) is 5.41 Å². The average molecular weight is 314 g/mol. The highest BCUT2D eigenvalue weighted by Gasteiger charge is 2.19. The first-order valence-corrected chi connectivity index (χ1v) is 7.40. The molecule has 0 fully saturated rings. The van der Waals surface area contributed by atoms with Gasteiger partial charge in [0.05, 0.1) is 0 Å². The molecule has 0 aliphatic carbocycles. The second-order valence-electron chi connectivity index (χ2n) is 5.56. The lowest BCUT2D eigenvalue weighted by Gasteiger charge is -2.27. The maximum atomic E-state index is 9.96. The summed E-state index contributed by atoms with van der Waals surface area (Å²) in [6.45, 7) is 9.81. The van der Waals surface area contributed by atoms with Gasteiger partial charge in [0.2, 0.25) is 0 Å². The molecule has 1 unspecified atom stereocenters. The van der Waals surface area contributed by atoms with Crippen molar-refractivity contribution in [1.82, 2.24) is 5.32 Å². The molecule has 1 rings (SSSR count). The van der Waals surface area contributed by atoms with Gasteiger partial charge in [0.1, 0.15) is 5.75 Å². The molecule has 3 heteroatoms. The molecule has 0 saturated heterocycles. The van der Waals surface area contributed by atoms with E-state index in [0.29, 0.717) is 5.75 Å². The van der Waals surface area contributed by atoms with Crippen LogP contribution >= 0.6 is 15.9 Å². The van der Waals surface area contributed by atoms with Gasteiger partial charge in [-0.15, -0.1) is 0 Å². The SMILES string of the molecule is CCC(NCC(C)(C)CC)c1cc(Br)ccc1O. The lowest BCUT2D eigenvalue weighted by atomic mass is 9.89. The monoisotopic (exact) mass is 313 g/mol. The van der Waals surface area contributed by atoms with Crippen LogP contribution in [0.3, 0.4) is 0 Å². The van der Waals surface area contributed by atoms with Crippen LogP contribution < -0.4 is 5.32 Å². The Hall–Kier alpha value is -0.540. The van der Waals surface area contributed by atoms with Gasteiger partial charge < -0.3 is 10.4 Å². The molecule has 0 aliphatic heterocycles. The molecule has 0 aliphatic rings. The summed E-state index contributed by atoms with van der Waals surface area (Å²) in [6, 6.07) is 5.81. The van der Waals surface area contributed by atoms with Crippen molar-refractivity contribution in [3.05, 3.63) is 28.2 Å². The van der Waals surface area contributed by atoms with Crippen molar-refractivity contribution >= 4 is 15.9 Å². The Bertz CT molecular complexity index is 390. The first-order valence-electron chi connectivity index (χ1n) is 6.61. The first kappa shape index (κ1) is 15.5. The molecule has 2 nitrogen and oxygen atoms in total. The molecule has 102 valence electrons. The third-order valence-electron chi connectivity index (χ3n) is 3.56. The van der Waals surface area contributed by atoms with E-state index in [4.69, 9.17) is 0 Å². The van der Waals surface area contributed by atoms with Crippen molar-refractivity contribution in [3.8, 4) is 5.75 Å². The van der Waals surface area contributed by atoms with Gasteiger partial charge in [-0.25, -0.2) is 0 Å². The van der Waals surface area contributed by atoms with E-state index < -0.39 is 0 Å². The Labute approximate surface area is 119 Å². The van der Waals surface area contributed by atoms with E-state index in [1.807, 2.05) is 12.1 Å². The number of hydrogen-bond donors (Lipinski definition) is 2. The van der Waals surface area contributed by atoms with E-state index in [1.54, 1.807) is 6.07 Å². The Morgan fingerprint density at radius 1 is 1.33 bits per heavy atom. The zero-order valence-corrected chi connectivity index (χ0v) is 13.3. The predicted octanol–water partition coefficient (Wildman–Crippen LogP) is 4.63. The van der Waals surface area contributed by atoms with Crippen LogP contribution in [0.2, 0.25) is 0 Å². The van der Waals surface area contributed by atoms with Crippen LogP contribution in [0.4, 0.5) is 0 Å². The smallest absolute Gasteiger partial charge is 0.120 e. The summed E-state index contributed by atoms with van der Waals surface area (Å²) in [7, 11) is 0. The largest absolute Gasteiger partial charge is 0.508 e. The molecule has 0 bridgehead atoms. The van der Waals surface area contributed by atoms with Crippen molar-refractivity contribution in [2.75, 3.05) is 6.54 Å². The average Bonchev–Trinajstić information content (AvgIpc) is 2.34. The minimum absolute atomic E-state index is 0.202. The third kappa shape index (κ3) is 4.29. The lowest BCUT2D eigenvalue weighted by molar-refractivity contribution is 0.304. The fraction of sp³-hybridized carbons (Fsp3) is 0.600. The van der Waals surface area contributed by atoms with Crippen molar-refractivity contribution < 1.29 is 5.11 Å². The summed E-state index contributed by atoms with van der Waals surface area (Å²) in [5.74, 6) is 0.367. The van der Waals surface area contributed by atoms with Crippen molar-refractivity contribution in [1.29, 1.82) is 0 Å². The zero-order valence-electron chi connectivity index (χ0n) is 11.8. The lowest BCUT2D eigenvalue weighted by Crippen LogP contribution is -2.31. The van der Waals surface area contributed by atoms with Gasteiger partial charge in [-0.2, -0.15) is 0 Å². The molecular formula is C15H24BrNO. The first-order chi connectivity index (χ1) is 8.39. The van der Waals surface area contributed by atoms with Crippen LogP contribution in [0.15, 0.2) is 22.7 Å². The molecular weight excluding hydrogens is 290 g/mol. The number of hydrogen-bond acceptors (Lipinski definition) is 2. The summed E-state index contributed by atoms with van der Waals surface area (Å²) >= 11 is 3.46. The molecule has 2 N–H and O–H groups in total. The quantitative estimate of drug-likeness (QED) is 0.802. The highest BCUT2D eigenvalue weighted by Crippen LogP contribution is 2.30. The Kier molecular flexibility index (Phi) is 5.67. The Morgan fingerprint density at radius 3 is 2.56 bits per heavy atom. The van der Waals surface area contributed by atoms with Gasteiger partial charge >= 0.3 is 0 Å². The van der Waals surface area contributed by atoms with Gasteiger partial charge in [0, 0.05) is 22.6 Å². The van der Waals surface area contributed by atoms with Crippen LogP contribution in [0.1, 0.15) is 52.1 Å². The number of phenols is 1. The highest BCUT2D eigenvalue weighted by atomic mass is 79.9. The molecule has 1 aromatic rings. The number of aromatic hydroxyl groups is 1. The van der Waals surface area contributed by atoms with Crippen LogP contribution in [-0.4, -0.2) is 11.7 Å². The van der Waals surface area contributed by atoms with Crippen LogP contribution in [0.25, 0.3) is 0 Å². The third-order valence-corrected chi connectivity index (χ3v) is 4.05. The molecule has 0 spiro atoms. The molecule has 0 amide bonds. The van der Waals surface area contributed by atoms with E-state index in [9.17, 15) is 5.11 Å². The molecule has 0 aromatic heterocycles. The number of halogens is 1. The van der Waals surface area contributed by atoms with E-state index in [-0.39, 0.29) is 11.5 Å². The maximum absolute atomic E-state index is 9.96. The summed E-state index contributed by atoms with van der Waals surface area (Å²) in [5, 5.41) is 13.5. The predicted molar refractivity (Wildman–Crippen MR) is 80.9 cm³/mol. The van der Waals surface area contributed by atoms with Crippen molar-refractivity contribution in [2.24, 2.45) is 5.41 Å². The van der Waals surface area contributed by atoms with E-state index in [1.165, 1.54) is 0 Å². The maximum Gasteiger partial charge on any atom is 0.120 e. The van der Waals surface area contributed by atoms with E-state index in [2.05, 4.69) is 48.9 Å². The summed E-state index contributed by atoms with van der Waals surface area (Å²) in [4.78, 5) is 0. The van der Waals surface area contributed by atoms with Crippen LogP contribution in [0.5, 0.6) is 5.75 Å². The standard InChI is InChI=1S/C15H24BrNO/c1-5-13(17-10-15(3,4)6-2)12-9-11(16)7-8-14(12)18/h7-9,13,17-18H,5-6,10H2,1-4H3. The summed E-state index contributed by atoms with van der Waals surface area (Å²) in [6.07, 6.45) is 2.10. The highest BCUT2D eigenvalue weighted by molar-refractivity contribution is 9.10. The minimum Gasteiger partial charge on any atom is -0.508 e. The van der Waals surface area contributed by atoms with Crippen molar-refractivity contribution in [2.45, 2.75) is 46.6 Å². The van der Waals surface area contributed by atoms with Crippen molar-refractivity contribution in [3.63, 3.8) is 0 Å². The van der Waals surface area contributed by atoms with Gasteiger partial charge in [-0.05, 0) is 36.5 Å². The van der Waals surface area contributed by atoms with E-state index in [0.717, 1.165) is 29.4 Å². The fourth-order valence-electron chi connectivity index (χ4n) is 1.80. The van der Waals surface area contributed by atoms with Gasteiger partial charge in [0.25, 0.3) is 0 Å².